The van der Waals surface area contributed by atoms with E-state index in [1.807, 2.05) is 48.5 Å². The van der Waals surface area contributed by atoms with E-state index in [1.54, 1.807) is 20.8 Å². The number of nitrogens with one attached hydrogen (secondary N) is 1. The van der Waals surface area contributed by atoms with Crippen LogP contribution in [-0.2, 0) is 19.1 Å². The SMILES string of the molecule is CC(C)(C)OC(=O)CCC[C@H](NC(=O)OCC1c2ccccc2-c2ccccc21)C(=O)O. The molecule has 170 valence electrons. The van der Waals surface area contributed by atoms with E-state index >= 15 is 0 Å². The molecular formula is C25H29NO6. The number of carboxylic acids is 1. The normalized spacial score (nSPS) is 13.6. The third kappa shape index (κ3) is 5.87. The van der Waals surface area contributed by atoms with Gasteiger partial charge in [0.15, 0.2) is 0 Å². The number of ether oxygens (including phenoxy) is 2. The van der Waals surface area contributed by atoms with Crippen molar-refractivity contribution in [3.05, 3.63) is 59.7 Å². The molecule has 3 rings (SSSR count). The van der Waals surface area contributed by atoms with Gasteiger partial charge < -0.3 is 19.9 Å². The van der Waals surface area contributed by atoms with Crippen LogP contribution in [-0.4, -0.2) is 41.4 Å². The first-order chi connectivity index (χ1) is 15.2. The molecule has 1 aliphatic carbocycles. The van der Waals surface area contributed by atoms with Crippen LogP contribution < -0.4 is 5.32 Å². The van der Waals surface area contributed by atoms with E-state index < -0.39 is 29.7 Å². The Morgan fingerprint density at radius 3 is 2.09 bits per heavy atom. The minimum absolute atomic E-state index is 0.0768. The van der Waals surface area contributed by atoms with Crippen molar-refractivity contribution < 1.29 is 29.0 Å². The molecule has 0 saturated heterocycles. The molecule has 0 aliphatic heterocycles. The number of rotatable bonds is 8. The van der Waals surface area contributed by atoms with Gasteiger partial charge in [0.2, 0.25) is 0 Å². The fourth-order valence-electron chi connectivity index (χ4n) is 3.88. The maximum atomic E-state index is 12.3. The fraction of sp³-hybridized carbons (Fsp3) is 0.400. The molecule has 0 bridgehead atoms. The lowest BCUT2D eigenvalue weighted by Gasteiger charge is -2.20. The highest BCUT2D eigenvalue weighted by molar-refractivity contribution is 5.81. The lowest BCUT2D eigenvalue weighted by Crippen LogP contribution is -2.41. The van der Waals surface area contributed by atoms with Crippen molar-refractivity contribution in [2.45, 2.75) is 57.6 Å². The van der Waals surface area contributed by atoms with Gasteiger partial charge in [-0.2, -0.15) is 0 Å². The zero-order valence-corrected chi connectivity index (χ0v) is 18.6. The van der Waals surface area contributed by atoms with Crippen molar-refractivity contribution >= 4 is 18.0 Å². The number of carbonyl (C=O) groups excluding carboxylic acids is 2. The maximum absolute atomic E-state index is 12.3. The number of esters is 1. The number of fused-ring (bicyclic) bond motifs is 3. The first-order valence-corrected chi connectivity index (χ1v) is 10.7. The predicted octanol–water partition coefficient (Wildman–Crippen LogP) is 4.49. The molecule has 0 unspecified atom stereocenters. The number of carbonyl (C=O) groups is 3. The number of hydrogen-bond acceptors (Lipinski definition) is 5. The van der Waals surface area contributed by atoms with Crippen molar-refractivity contribution in [1.82, 2.24) is 5.32 Å². The van der Waals surface area contributed by atoms with Crippen LogP contribution in [0.4, 0.5) is 4.79 Å². The van der Waals surface area contributed by atoms with Gasteiger partial charge in [0.25, 0.3) is 0 Å². The zero-order valence-electron chi connectivity index (χ0n) is 18.6. The Morgan fingerprint density at radius 1 is 1.00 bits per heavy atom. The Hall–Kier alpha value is -3.35. The average molecular weight is 440 g/mol. The van der Waals surface area contributed by atoms with Crippen molar-refractivity contribution in [2.24, 2.45) is 0 Å². The molecule has 2 N–H and O–H groups in total. The summed E-state index contributed by atoms with van der Waals surface area (Å²) in [6.07, 6.45) is -0.349. The molecule has 7 nitrogen and oxygen atoms in total. The van der Waals surface area contributed by atoms with Crippen LogP contribution in [0.15, 0.2) is 48.5 Å². The second-order valence-corrected chi connectivity index (χ2v) is 8.84. The molecule has 1 atom stereocenters. The quantitative estimate of drug-likeness (QED) is 0.588. The summed E-state index contributed by atoms with van der Waals surface area (Å²) in [6, 6.07) is 14.8. The van der Waals surface area contributed by atoms with Crippen LogP contribution in [0, 0.1) is 0 Å². The number of carboxylic acid groups (broad SMARTS) is 1. The molecular weight excluding hydrogens is 410 g/mol. The van der Waals surface area contributed by atoms with Gasteiger partial charge in [-0.1, -0.05) is 48.5 Å². The molecule has 32 heavy (non-hydrogen) atoms. The molecule has 0 heterocycles. The molecule has 0 aromatic heterocycles. The van der Waals surface area contributed by atoms with Crippen LogP contribution in [0.1, 0.15) is 57.1 Å². The Balaban J connectivity index is 1.54. The minimum Gasteiger partial charge on any atom is -0.480 e. The summed E-state index contributed by atoms with van der Waals surface area (Å²) >= 11 is 0. The topological polar surface area (TPSA) is 102 Å². The molecule has 1 amide bonds. The molecule has 1 aliphatic rings. The fourth-order valence-corrected chi connectivity index (χ4v) is 3.88. The summed E-state index contributed by atoms with van der Waals surface area (Å²) < 4.78 is 10.6. The van der Waals surface area contributed by atoms with Crippen LogP contribution in [0.2, 0.25) is 0 Å². The number of amides is 1. The highest BCUT2D eigenvalue weighted by Crippen LogP contribution is 2.44. The summed E-state index contributed by atoms with van der Waals surface area (Å²) in [4.78, 5) is 35.7. The first-order valence-electron chi connectivity index (χ1n) is 10.7. The highest BCUT2D eigenvalue weighted by atomic mass is 16.6. The van der Waals surface area contributed by atoms with Crippen LogP contribution >= 0.6 is 0 Å². The third-order valence-corrected chi connectivity index (χ3v) is 5.23. The Morgan fingerprint density at radius 2 is 1.56 bits per heavy atom. The van der Waals surface area contributed by atoms with Crippen molar-refractivity contribution in [1.29, 1.82) is 0 Å². The van der Waals surface area contributed by atoms with Crippen molar-refractivity contribution in [3.63, 3.8) is 0 Å². The standard InChI is InChI=1S/C25H29NO6/c1-25(2,3)32-22(27)14-8-13-21(23(28)29)26-24(30)31-15-20-18-11-6-4-9-16(18)17-10-5-7-12-19(17)20/h4-7,9-12,20-21H,8,13-15H2,1-3H3,(H,26,30)(H,28,29)/t21-/m0/s1. The van der Waals surface area contributed by atoms with Crippen LogP contribution in [0.25, 0.3) is 11.1 Å². The van der Waals surface area contributed by atoms with Gasteiger partial charge in [0.05, 0.1) is 0 Å². The van der Waals surface area contributed by atoms with E-state index in [2.05, 4.69) is 5.32 Å². The summed E-state index contributed by atoms with van der Waals surface area (Å²) in [7, 11) is 0. The van der Waals surface area contributed by atoms with E-state index in [0.717, 1.165) is 22.3 Å². The van der Waals surface area contributed by atoms with E-state index in [4.69, 9.17) is 9.47 Å². The van der Waals surface area contributed by atoms with Gasteiger partial charge in [-0.3, -0.25) is 4.79 Å². The van der Waals surface area contributed by atoms with Gasteiger partial charge >= 0.3 is 18.0 Å². The number of benzene rings is 2. The van der Waals surface area contributed by atoms with Crippen molar-refractivity contribution in [2.75, 3.05) is 6.61 Å². The summed E-state index contributed by atoms with van der Waals surface area (Å²) in [5.41, 5.74) is 3.79. The van der Waals surface area contributed by atoms with E-state index in [1.165, 1.54) is 0 Å². The second-order valence-electron chi connectivity index (χ2n) is 8.84. The third-order valence-electron chi connectivity index (χ3n) is 5.23. The second kappa shape index (κ2) is 9.85. The smallest absolute Gasteiger partial charge is 0.407 e. The lowest BCUT2D eigenvalue weighted by molar-refractivity contribution is -0.155. The van der Waals surface area contributed by atoms with Gasteiger partial charge in [0, 0.05) is 12.3 Å². The molecule has 0 spiro atoms. The number of hydrogen-bond donors (Lipinski definition) is 2. The molecule has 0 radical (unpaired) electrons. The summed E-state index contributed by atoms with van der Waals surface area (Å²) in [5.74, 6) is -1.69. The van der Waals surface area contributed by atoms with Gasteiger partial charge in [0.1, 0.15) is 18.2 Å². The Labute approximate surface area is 187 Å². The summed E-state index contributed by atoms with van der Waals surface area (Å²) in [5, 5.41) is 11.8. The van der Waals surface area contributed by atoms with Gasteiger partial charge in [-0.15, -0.1) is 0 Å². The van der Waals surface area contributed by atoms with Gasteiger partial charge in [-0.05, 0) is 55.9 Å². The molecule has 2 aromatic rings. The molecule has 2 aromatic carbocycles. The Bertz CT molecular complexity index is 948. The van der Waals surface area contributed by atoms with Crippen molar-refractivity contribution in [3.8, 4) is 11.1 Å². The molecule has 7 heteroatoms. The molecule has 0 fully saturated rings. The lowest BCUT2D eigenvalue weighted by atomic mass is 9.98. The first kappa shape index (κ1) is 23.3. The minimum atomic E-state index is -1.18. The predicted molar refractivity (Wildman–Crippen MR) is 119 cm³/mol. The molecule has 0 saturated carbocycles. The van der Waals surface area contributed by atoms with Crippen LogP contribution in [0.5, 0.6) is 0 Å². The highest BCUT2D eigenvalue weighted by Gasteiger charge is 2.29. The van der Waals surface area contributed by atoms with Gasteiger partial charge in [-0.25, -0.2) is 9.59 Å². The Kier molecular flexibility index (Phi) is 7.18. The number of alkyl carbamates (subject to hydrolysis) is 1. The van der Waals surface area contributed by atoms with E-state index in [0.29, 0.717) is 0 Å². The zero-order chi connectivity index (χ0) is 23.3. The monoisotopic (exact) mass is 439 g/mol. The summed E-state index contributed by atoms with van der Waals surface area (Å²) in [6.45, 7) is 5.40. The van der Waals surface area contributed by atoms with E-state index in [9.17, 15) is 19.5 Å². The van der Waals surface area contributed by atoms with E-state index in [-0.39, 0.29) is 31.8 Å². The maximum Gasteiger partial charge on any atom is 0.407 e. The largest absolute Gasteiger partial charge is 0.480 e. The average Bonchev–Trinajstić information content (AvgIpc) is 3.04. The van der Waals surface area contributed by atoms with Crippen LogP contribution in [0.3, 0.4) is 0 Å². The number of aliphatic carboxylic acids is 1.